The molecule has 74 heavy (non-hydrogen) atoms. The molecule has 0 saturated carbocycles. The molecule has 0 unspecified atom stereocenters. The number of aromatic hydroxyl groups is 18. The minimum Gasteiger partial charge on any atom is -0.545 e. The van der Waals surface area contributed by atoms with Crippen molar-refractivity contribution in [2.75, 3.05) is 0 Å². The standard InChI is InChI=1S/6C7H6O5.La.Sc/c6*8-4-1-3(7(11)12)2-5(9)6(4)10;;/h6*1-2,8-10H,(H,11,12);;/q;;;;;;2*+3/p-6. The van der Waals surface area contributed by atoms with Gasteiger partial charge in [-0.25, -0.2) is 0 Å². The van der Waals surface area contributed by atoms with Gasteiger partial charge in [-0.3, -0.25) is 0 Å². The number of carboxylic acids is 6. The minimum absolute atomic E-state index is 0. The molecule has 6 aromatic rings. The molecular weight excluding hydrogens is 1170 g/mol. The number of rotatable bonds is 6. The number of phenols is 18. The van der Waals surface area contributed by atoms with Gasteiger partial charge in [-0.05, 0) is 72.8 Å². The van der Waals surface area contributed by atoms with E-state index in [1.54, 1.807) is 0 Å². The van der Waals surface area contributed by atoms with Crippen LogP contribution in [0.3, 0.4) is 0 Å². The van der Waals surface area contributed by atoms with Crippen LogP contribution in [0.25, 0.3) is 0 Å². The Morgan fingerprint density at radius 2 is 0.284 bits per heavy atom. The van der Waals surface area contributed by atoms with E-state index < -0.39 is 173 Å². The van der Waals surface area contributed by atoms with Crippen LogP contribution in [0.4, 0.5) is 0 Å². The summed E-state index contributed by atoms with van der Waals surface area (Å²) in [6, 6.07) is 9.39. The molecule has 6 rings (SSSR count). The molecule has 0 atom stereocenters. The van der Waals surface area contributed by atoms with Gasteiger partial charge in [0.2, 0.25) is 0 Å². The molecule has 0 aromatic heterocycles. The zero-order chi connectivity index (χ0) is 55.8. The fraction of sp³-hybridized carbons (Fsp3) is 0. The third-order valence-electron chi connectivity index (χ3n) is 7.83. The maximum Gasteiger partial charge on any atom is 3.00 e. The monoisotopic (exact) mass is 1200 g/mol. The first-order valence-electron chi connectivity index (χ1n) is 17.9. The number of hydrogen-bond donors (Lipinski definition) is 18. The van der Waals surface area contributed by atoms with Gasteiger partial charge in [0.15, 0.2) is 103 Å². The van der Waals surface area contributed by atoms with Crippen molar-refractivity contribution in [3.63, 3.8) is 0 Å². The second-order valence-corrected chi connectivity index (χ2v) is 12.9. The molecule has 0 bridgehead atoms. The molecule has 0 radical (unpaired) electrons. The van der Waals surface area contributed by atoms with Crippen LogP contribution in [0.5, 0.6) is 103 Å². The summed E-state index contributed by atoms with van der Waals surface area (Å²) in [6.07, 6.45) is 0. The van der Waals surface area contributed by atoms with E-state index >= 15 is 0 Å². The molecular formula is C42H30LaO30Sc. The van der Waals surface area contributed by atoms with E-state index in [4.69, 9.17) is 91.9 Å². The summed E-state index contributed by atoms with van der Waals surface area (Å²) in [5.41, 5.74) is -2.40. The predicted octanol–water partition coefficient (Wildman–Crippen LogP) is -5.00. The fourth-order valence-corrected chi connectivity index (χ4v) is 4.33. The summed E-state index contributed by atoms with van der Waals surface area (Å²) >= 11 is 0. The Bertz CT molecular complexity index is 2380. The Labute approximate surface area is 455 Å². The zero-order valence-corrected chi connectivity index (χ0v) is 41.5. The molecule has 0 fully saturated rings. The third-order valence-corrected chi connectivity index (χ3v) is 7.83. The van der Waals surface area contributed by atoms with Gasteiger partial charge >= 0.3 is 61.4 Å². The molecule has 384 valence electrons. The van der Waals surface area contributed by atoms with Crippen LogP contribution in [0.2, 0.25) is 0 Å². The van der Waals surface area contributed by atoms with E-state index in [1.165, 1.54) is 0 Å². The summed E-state index contributed by atoms with van der Waals surface area (Å²) in [5.74, 6) is -22.1. The second-order valence-electron chi connectivity index (χ2n) is 12.9. The Kier molecular flexibility index (Phi) is 26.2. The Balaban J connectivity index is 0. The topological polar surface area (TPSA) is 605 Å². The van der Waals surface area contributed by atoms with Gasteiger partial charge in [-0.1, -0.05) is 0 Å². The average molecular weight is 1200 g/mol. The van der Waals surface area contributed by atoms with E-state index in [1.807, 2.05) is 0 Å². The molecule has 0 aliphatic rings. The van der Waals surface area contributed by atoms with E-state index in [0.717, 1.165) is 72.8 Å². The number of carbonyl (C=O) groups excluding carboxylic acids is 6. The van der Waals surface area contributed by atoms with Gasteiger partial charge in [-0.2, -0.15) is 0 Å². The summed E-state index contributed by atoms with van der Waals surface area (Å²) in [6.45, 7) is 0. The Morgan fingerprint density at radius 3 is 0.338 bits per heavy atom. The summed E-state index contributed by atoms with van der Waals surface area (Å²) in [4.78, 5) is 61.2. The van der Waals surface area contributed by atoms with Crippen LogP contribution >= 0.6 is 0 Å². The van der Waals surface area contributed by atoms with Crippen molar-refractivity contribution in [3.05, 3.63) is 106 Å². The molecule has 0 aliphatic carbocycles. The van der Waals surface area contributed by atoms with Crippen LogP contribution in [0, 0.1) is 35.6 Å². The smallest absolute Gasteiger partial charge is 0.545 e. The van der Waals surface area contributed by atoms with Crippen LogP contribution in [-0.4, -0.2) is 128 Å². The number of aromatic carboxylic acids is 6. The van der Waals surface area contributed by atoms with Crippen LogP contribution < -0.4 is 30.6 Å². The van der Waals surface area contributed by atoms with Crippen molar-refractivity contribution < 1.29 is 213 Å². The van der Waals surface area contributed by atoms with E-state index in [9.17, 15) is 59.4 Å². The quantitative estimate of drug-likeness (QED) is 0.0694. The van der Waals surface area contributed by atoms with Gasteiger partial charge in [0.1, 0.15) is 0 Å². The number of phenolic OH excluding ortho intramolecular Hbond substituents is 18. The van der Waals surface area contributed by atoms with E-state index in [2.05, 4.69) is 0 Å². The number of hydrogen-bond acceptors (Lipinski definition) is 30. The maximum atomic E-state index is 10.2. The Morgan fingerprint density at radius 1 is 0.216 bits per heavy atom. The van der Waals surface area contributed by atoms with Crippen molar-refractivity contribution in [1.82, 2.24) is 0 Å². The molecule has 30 nitrogen and oxygen atoms in total. The predicted molar refractivity (Wildman–Crippen MR) is 215 cm³/mol. The normalized spacial score (nSPS) is 9.41. The van der Waals surface area contributed by atoms with Gasteiger partial charge in [-0.15, -0.1) is 0 Å². The van der Waals surface area contributed by atoms with Crippen molar-refractivity contribution in [1.29, 1.82) is 0 Å². The first-order chi connectivity index (χ1) is 33.1. The maximum absolute atomic E-state index is 10.2. The van der Waals surface area contributed by atoms with Gasteiger partial charge < -0.3 is 151 Å². The number of carboxylic acid groups (broad SMARTS) is 6. The van der Waals surface area contributed by atoms with E-state index in [0.29, 0.717) is 0 Å². The van der Waals surface area contributed by atoms with Crippen LogP contribution in [0.15, 0.2) is 72.8 Å². The first-order valence-corrected chi connectivity index (χ1v) is 17.9. The molecule has 0 amide bonds. The Hall–Kier alpha value is -9.40. The van der Waals surface area contributed by atoms with Crippen LogP contribution in [0.1, 0.15) is 62.1 Å². The van der Waals surface area contributed by atoms with Crippen molar-refractivity contribution in [3.8, 4) is 103 Å². The molecule has 0 saturated heterocycles. The number of benzene rings is 6. The van der Waals surface area contributed by atoms with E-state index in [-0.39, 0.29) is 61.4 Å². The molecule has 0 aliphatic heterocycles. The fourth-order valence-electron chi connectivity index (χ4n) is 4.33. The first kappa shape index (κ1) is 66.7. The van der Waals surface area contributed by atoms with Crippen molar-refractivity contribution >= 4 is 35.8 Å². The third kappa shape index (κ3) is 19.4. The molecule has 32 heteroatoms. The molecule has 0 spiro atoms. The summed E-state index contributed by atoms with van der Waals surface area (Å²) < 4.78 is 0. The molecule has 6 aromatic carbocycles. The van der Waals surface area contributed by atoms with Crippen molar-refractivity contribution in [2.45, 2.75) is 0 Å². The zero-order valence-electron chi connectivity index (χ0n) is 36.0. The minimum atomic E-state index is -1.54. The largest absolute Gasteiger partial charge is 3.00 e. The molecule has 0 heterocycles. The average Bonchev–Trinajstić information content (AvgIpc) is 3.29. The van der Waals surface area contributed by atoms with Gasteiger partial charge in [0.05, 0.1) is 35.8 Å². The number of carbonyl (C=O) groups is 6. The van der Waals surface area contributed by atoms with Crippen LogP contribution in [-0.2, 0) is 25.8 Å². The second kappa shape index (κ2) is 29.1. The SMILES string of the molecule is O=C([O-])c1cc(O)c(O)c(O)c1.O=C([O-])c1cc(O)c(O)c(O)c1.O=C([O-])c1cc(O)c(O)c(O)c1.O=C([O-])c1cc(O)c(O)c(O)c1.O=C([O-])c1cc(O)c(O)c(O)c1.O=C([O-])c1cc(O)c(O)c(O)c1.[La+3].[Sc+3]. The molecule has 18 N–H and O–H groups in total. The van der Waals surface area contributed by atoms with Crippen molar-refractivity contribution in [2.24, 2.45) is 0 Å². The van der Waals surface area contributed by atoms with Gasteiger partial charge in [0.25, 0.3) is 0 Å². The summed E-state index contributed by atoms with van der Waals surface area (Å²) in [5, 5.41) is 220. The summed E-state index contributed by atoms with van der Waals surface area (Å²) in [7, 11) is 0. The van der Waals surface area contributed by atoms with Gasteiger partial charge in [0, 0.05) is 33.4 Å².